The minimum atomic E-state index is -1.35. The van der Waals surface area contributed by atoms with Crippen molar-refractivity contribution in [3.05, 3.63) is 0 Å². The van der Waals surface area contributed by atoms with E-state index in [9.17, 15) is 33.9 Å². The molecule has 0 aliphatic heterocycles. The predicted molar refractivity (Wildman–Crippen MR) is 129 cm³/mol. The summed E-state index contributed by atoms with van der Waals surface area (Å²) < 4.78 is 18.7. The third kappa shape index (κ3) is 26.7. The van der Waals surface area contributed by atoms with Crippen molar-refractivity contribution in [2.45, 2.75) is 71.6 Å². The van der Waals surface area contributed by atoms with Crippen LogP contribution in [0, 0.1) is 5.92 Å². The van der Waals surface area contributed by atoms with E-state index in [1.54, 1.807) is 0 Å². The van der Waals surface area contributed by atoms with Gasteiger partial charge in [-0.25, -0.2) is 9.59 Å². The Balaban J connectivity index is -0.00000104. The molecule has 2 N–H and O–H groups in total. The van der Waals surface area contributed by atoms with Crippen LogP contribution in [0.4, 0.5) is 9.59 Å². The molecule has 0 aromatic carbocycles. The van der Waals surface area contributed by atoms with Gasteiger partial charge < -0.3 is 39.5 Å². The van der Waals surface area contributed by atoms with Gasteiger partial charge in [0.2, 0.25) is 0 Å². The van der Waals surface area contributed by atoms with E-state index in [0.717, 1.165) is 26.4 Å². The average molecular weight is 557 g/mol. The first-order chi connectivity index (χ1) is 17.6. The van der Waals surface area contributed by atoms with Crippen molar-refractivity contribution in [3.63, 3.8) is 0 Å². The Bertz CT molecular complexity index is 705. The summed E-state index contributed by atoms with van der Waals surface area (Å²) in [6.45, 7) is 3.72. The van der Waals surface area contributed by atoms with E-state index in [1.165, 1.54) is 26.4 Å². The number of esters is 2. The van der Waals surface area contributed by atoms with Gasteiger partial charge in [-0.15, -0.1) is 0 Å². The van der Waals surface area contributed by atoms with E-state index >= 15 is 0 Å². The molecule has 14 heteroatoms. The van der Waals surface area contributed by atoms with Crippen LogP contribution in [-0.4, -0.2) is 76.4 Å². The van der Waals surface area contributed by atoms with Gasteiger partial charge in [-0.05, 0) is 12.8 Å². The number of ketones is 1. The van der Waals surface area contributed by atoms with Crippen molar-refractivity contribution in [2.24, 2.45) is 5.92 Å². The molecule has 0 aliphatic carbocycles. The van der Waals surface area contributed by atoms with E-state index in [2.05, 4.69) is 21.7 Å². The van der Waals surface area contributed by atoms with E-state index in [1.807, 2.05) is 12.2 Å². The fourth-order valence-electron chi connectivity index (χ4n) is 2.69. The Kier molecular flexibility index (Phi) is 29.2. The second-order valence-corrected chi connectivity index (χ2v) is 7.86. The van der Waals surface area contributed by atoms with Crippen molar-refractivity contribution in [2.75, 3.05) is 40.5 Å². The first kappa shape index (κ1) is 40.1. The van der Waals surface area contributed by atoms with Crippen LogP contribution in [0.15, 0.2) is 0 Å². The number of aliphatic carboxylic acids is 1. The zero-order chi connectivity index (χ0) is 28.5. The summed E-state index contributed by atoms with van der Waals surface area (Å²) in [5.41, 5.74) is 0. The number of nitrogens with one attached hydrogen (secondary N) is 2. The Labute approximate surface area is 246 Å². The van der Waals surface area contributed by atoms with Gasteiger partial charge in [0, 0.05) is 6.42 Å². The van der Waals surface area contributed by atoms with Gasteiger partial charge in [-0.3, -0.25) is 14.4 Å². The molecular formula is C24H41N2NaO11. The molecule has 0 aromatic heterocycles. The number of amides is 2. The van der Waals surface area contributed by atoms with Crippen LogP contribution in [0.1, 0.15) is 71.6 Å². The molecule has 0 aliphatic rings. The number of unbranched alkanes of at least 4 members (excludes halogenated alkanes) is 5. The van der Waals surface area contributed by atoms with Gasteiger partial charge in [0.15, 0.2) is 5.78 Å². The summed E-state index contributed by atoms with van der Waals surface area (Å²) in [5.74, 6) is -3.80. The maximum Gasteiger partial charge on any atom is 1.00 e. The van der Waals surface area contributed by atoms with Gasteiger partial charge in [0.1, 0.15) is 0 Å². The molecule has 38 heavy (non-hydrogen) atoms. The molecule has 0 saturated carbocycles. The van der Waals surface area contributed by atoms with Crippen LogP contribution < -0.4 is 45.3 Å². The first-order valence-corrected chi connectivity index (χ1v) is 12.3. The van der Waals surface area contributed by atoms with Gasteiger partial charge in [0.05, 0.1) is 58.8 Å². The molecule has 0 bridgehead atoms. The van der Waals surface area contributed by atoms with Crippen molar-refractivity contribution < 1.29 is 82.4 Å². The summed E-state index contributed by atoms with van der Waals surface area (Å²) in [4.78, 5) is 66.9. The van der Waals surface area contributed by atoms with Crippen LogP contribution in [0.5, 0.6) is 0 Å². The number of carbonyl (C=O) groups is 6. The maximum atomic E-state index is 12.1. The molecule has 0 rings (SSSR count). The number of carboxylic acid groups (broad SMARTS) is 1. The van der Waals surface area contributed by atoms with E-state index in [-0.39, 0.29) is 55.6 Å². The number of hydrogen-bond acceptors (Lipinski definition) is 11. The number of alkyl carbamates (subject to hydrolysis) is 2. The van der Waals surface area contributed by atoms with E-state index < -0.39 is 48.3 Å². The molecule has 0 fully saturated rings. The number of hydrogen-bond donors (Lipinski definition) is 2. The van der Waals surface area contributed by atoms with Crippen LogP contribution in [0.3, 0.4) is 0 Å². The third-order valence-corrected chi connectivity index (χ3v) is 4.61. The number of Topliss-reactive ketones (excluding diaryl/α,β-unsaturated/α-hetero) is 1. The van der Waals surface area contributed by atoms with Gasteiger partial charge in [0.25, 0.3) is 0 Å². The first-order valence-electron chi connectivity index (χ1n) is 12.3. The molecule has 2 amide bonds. The molecule has 0 radical (unpaired) electrons. The van der Waals surface area contributed by atoms with Crippen molar-refractivity contribution in [1.82, 2.24) is 10.6 Å². The number of carboxylic acids is 1. The van der Waals surface area contributed by atoms with Crippen molar-refractivity contribution in [3.8, 4) is 0 Å². The zero-order valence-electron chi connectivity index (χ0n) is 23.3. The second kappa shape index (κ2) is 27.6. The molecule has 0 heterocycles. The SMILES string of the molecule is CCCCCCCCOC(=O)CC(CC(=O)CNC(=O)OC)C(=O)OCCC.COC(=O)NCC(=O)[O-].[Na+]. The van der Waals surface area contributed by atoms with Gasteiger partial charge in [-0.1, -0.05) is 46.0 Å². The molecular weight excluding hydrogens is 515 g/mol. The number of methoxy groups -OCH3 is 2. The summed E-state index contributed by atoms with van der Waals surface area (Å²) in [7, 11) is 2.33. The summed E-state index contributed by atoms with van der Waals surface area (Å²) in [6.07, 6.45) is 5.14. The minimum Gasteiger partial charge on any atom is -0.548 e. The van der Waals surface area contributed by atoms with Crippen LogP contribution in [0.25, 0.3) is 0 Å². The molecule has 13 nitrogen and oxygen atoms in total. The molecule has 0 spiro atoms. The molecule has 1 unspecified atom stereocenters. The topological polar surface area (TPSA) is 186 Å². The second-order valence-electron chi connectivity index (χ2n) is 7.86. The summed E-state index contributed by atoms with van der Waals surface area (Å²) >= 11 is 0. The molecule has 0 saturated heterocycles. The largest absolute Gasteiger partial charge is 1.00 e. The summed E-state index contributed by atoms with van der Waals surface area (Å²) in [5, 5.41) is 13.8. The monoisotopic (exact) mass is 556 g/mol. The van der Waals surface area contributed by atoms with Gasteiger partial charge in [-0.2, -0.15) is 0 Å². The van der Waals surface area contributed by atoms with Crippen LogP contribution in [-0.2, 0) is 38.1 Å². The maximum absolute atomic E-state index is 12.1. The van der Waals surface area contributed by atoms with Crippen molar-refractivity contribution in [1.29, 1.82) is 0 Å². The standard InChI is InChI=1S/C20H35NO7.C4H7NO4.Na/c1-4-6-7-8-9-10-12-27-18(23)14-16(19(24)28-11-5-2)13-17(22)15-21-20(25)26-3;1-9-4(8)5-2-3(6)7;/h16H,4-15H2,1-3H3,(H,21,25);2H2,1H3,(H,5,8)(H,6,7);/q;;+1/p-1. The molecule has 214 valence electrons. The van der Waals surface area contributed by atoms with Crippen molar-refractivity contribution >= 4 is 35.9 Å². The Morgan fingerprint density at radius 2 is 1.26 bits per heavy atom. The zero-order valence-corrected chi connectivity index (χ0v) is 25.3. The number of ether oxygens (including phenoxy) is 4. The third-order valence-electron chi connectivity index (χ3n) is 4.61. The Morgan fingerprint density at radius 1 is 0.711 bits per heavy atom. The Hall–Kier alpha value is -2.38. The average Bonchev–Trinajstić information content (AvgIpc) is 2.88. The predicted octanol–water partition coefficient (Wildman–Crippen LogP) is -1.74. The van der Waals surface area contributed by atoms with Crippen LogP contribution in [0.2, 0.25) is 0 Å². The quantitative estimate of drug-likeness (QED) is 0.0845. The number of rotatable bonds is 18. The Morgan fingerprint density at radius 3 is 1.79 bits per heavy atom. The normalized spacial score (nSPS) is 10.3. The van der Waals surface area contributed by atoms with Gasteiger partial charge >= 0.3 is 53.7 Å². The molecule has 1 atom stereocenters. The fourth-order valence-corrected chi connectivity index (χ4v) is 2.69. The number of carbonyl (C=O) groups excluding carboxylic acids is 6. The summed E-state index contributed by atoms with van der Waals surface area (Å²) in [6, 6.07) is 0. The van der Waals surface area contributed by atoms with E-state index in [4.69, 9.17) is 9.47 Å². The fraction of sp³-hybridized carbons (Fsp3) is 0.750. The van der Waals surface area contributed by atoms with Crippen LogP contribution >= 0.6 is 0 Å². The van der Waals surface area contributed by atoms with E-state index in [0.29, 0.717) is 13.0 Å². The minimum absolute atomic E-state index is 0. The smallest absolute Gasteiger partial charge is 0.548 e. The molecule has 0 aromatic rings.